The monoisotopic (exact) mass is 237 g/mol. The van der Waals surface area contributed by atoms with E-state index in [1.54, 1.807) is 0 Å². The molecular weight excluding hydrogens is 214 g/mol. The smallest absolute Gasteiger partial charge is 0.229 e. The topological polar surface area (TPSA) is 49.6 Å². The molecular formula is C13H23N3O. The maximum Gasteiger partial charge on any atom is 0.229 e. The highest BCUT2D eigenvalue weighted by Crippen LogP contribution is 2.21. The van der Waals surface area contributed by atoms with Crippen LogP contribution in [-0.4, -0.2) is 55.0 Å². The van der Waals surface area contributed by atoms with Gasteiger partial charge in [0.2, 0.25) is 5.91 Å². The average Bonchev–Trinajstić information content (AvgIpc) is 2.74. The van der Waals surface area contributed by atoms with Crippen molar-refractivity contribution >= 4 is 5.91 Å². The molecule has 0 radical (unpaired) electrons. The summed E-state index contributed by atoms with van der Waals surface area (Å²) in [5, 5.41) is 0. The number of hydrogen-bond donors (Lipinski definition) is 1. The van der Waals surface area contributed by atoms with E-state index in [0.717, 1.165) is 25.9 Å². The Balaban J connectivity index is 1.92. The molecule has 4 heteroatoms. The molecule has 0 bridgehead atoms. The van der Waals surface area contributed by atoms with E-state index in [2.05, 4.69) is 11.9 Å². The number of amides is 1. The minimum absolute atomic E-state index is 0.00207. The van der Waals surface area contributed by atoms with Gasteiger partial charge in [0, 0.05) is 25.7 Å². The van der Waals surface area contributed by atoms with E-state index in [0.29, 0.717) is 6.04 Å². The molecule has 2 rings (SSSR count). The van der Waals surface area contributed by atoms with Gasteiger partial charge in [0.15, 0.2) is 0 Å². The van der Waals surface area contributed by atoms with Crippen LogP contribution in [0.4, 0.5) is 0 Å². The number of nitrogens with zero attached hydrogens (tertiary/aromatic N) is 2. The molecule has 1 fully saturated rings. The highest BCUT2D eigenvalue weighted by molar-refractivity contribution is 5.81. The summed E-state index contributed by atoms with van der Waals surface area (Å²) >= 11 is 0. The molecule has 0 aromatic heterocycles. The molecule has 96 valence electrons. The molecule has 3 unspecified atom stereocenters. The molecule has 1 aliphatic carbocycles. The molecule has 3 atom stereocenters. The average molecular weight is 237 g/mol. The Morgan fingerprint density at radius 2 is 2.24 bits per heavy atom. The number of likely N-dealkylation sites (N-methyl/N-ethyl adjacent to an activating group) is 2. The van der Waals surface area contributed by atoms with E-state index in [1.165, 1.54) is 6.42 Å². The Hall–Kier alpha value is -0.870. The maximum absolute atomic E-state index is 12.3. The zero-order valence-electron chi connectivity index (χ0n) is 10.8. The van der Waals surface area contributed by atoms with Crippen LogP contribution in [0, 0.1) is 5.92 Å². The summed E-state index contributed by atoms with van der Waals surface area (Å²) in [4.78, 5) is 16.5. The minimum Gasteiger partial charge on any atom is -0.341 e. The molecule has 2 aliphatic rings. The third kappa shape index (κ3) is 2.87. The van der Waals surface area contributed by atoms with Crippen molar-refractivity contribution in [2.75, 3.05) is 27.2 Å². The Morgan fingerprint density at radius 3 is 2.82 bits per heavy atom. The number of carbonyl (C=O) groups is 1. The predicted octanol–water partition coefficient (Wildman–Crippen LogP) is 0.442. The number of piperidine rings is 1. The summed E-state index contributed by atoms with van der Waals surface area (Å²) in [5.41, 5.74) is 5.80. The summed E-state index contributed by atoms with van der Waals surface area (Å²) in [6.45, 7) is 2.14. The van der Waals surface area contributed by atoms with Crippen LogP contribution >= 0.6 is 0 Å². The first-order valence-electron chi connectivity index (χ1n) is 6.47. The summed E-state index contributed by atoms with van der Waals surface area (Å²) in [6.07, 6.45) is 6.99. The fourth-order valence-electron chi connectivity index (χ4n) is 2.81. The molecule has 0 aromatic carbocycles. The minimum atomic E-state index is 0.00207. The van der Waals surface area contributed by atoms with E-state index in [4.69, 9.17) is 5.73 Å². The van der Waals surface area contributed by atoms with Gasteiger partial charge in [0.25, 0.3) is 0 Å². The van der Waals surface area contributed by atoms with Crippen molar-refractivity contribution in [3.05, 3.63) is 12.2 Å². The van der Waals surface area contributed by atoms with Gasteiger partial charge in [-0.25, -0.2) is 0 Å². The summed E-state index contributed by atoms with van der Waals surface area (Å²) in [5.74, 6) is 0.233. The van der Waals surface area contributed by atoms with Crippen LogP contribution in [0.15, 0.2) is 12.2 Å². The van der Waals surface area contributed by atoms with Crippen LogP contribution in [0.25, 0.3) is 0 Å². The molecule has 1 heterocycles. The Kier molecular flexibility index (Phi) is 3.84. The first kappa shape index (κ1) is 12.6. The Morgan fingerprint density at radius 1 is 1.47 bits per heavy atom. The molecule has 4 nitrogen and oxygen atoms in total. The molecule has 2 N–H and O–H groups in total. The van der Waals surface area contributed by atoms with Crippen LogP contribution in [0.1, 0.15) is 19.3 Å². The number of likely N-dealkylation sites (tertiary alicyclic amines) is 1. The zero-order valence-corrected chi connectivity index (χ0v) is 10.8. The van der Waals surface area contributed by atoms with Gasteiger partial charge in [-0.1, -0.05) is 12.2 Å². The van der Waals surface area contributed by atoms with Gasteiger partial charge < -0.3 is 15.5 Å². The van der Waals surface area contributed by atoms with Crippen LogP contribution in [0.5, 0.6) is 0 Å². The van der Waals surface area contributed by atoms with Gasteiger partial charge in [0.1, 0.15) is 0 Å². The fraction of sp³-hybridized carbons (Fsp3) is 0.769. The van der Waals surface area contributed by atoms with Crippen molar-refractivity contribution in [1.82, 2.24) is 9.80 Å². The van der Waals surface area contributed by atoms with Crippen molar-refractivity contribution in [1.29, 1.82) is 0 Å². The fourth-order valence-corrected chi connectivity index (χ4v) is 2.81. The molecule has 1 saturated heterocycles. The highest BCUT2D eigenvalue weighted by Gasteiger charge is 2.30. The van der Waals surface area contributed by atoms with Crippen LogP contribution in [0.3, 0.4) is 0 Å². The lowest BCUT2D eigenvalue weighted by Gasteiger charge is -2.36. The second-order valence-corrected chi connectivity index (χ2v) is 5.40. The molecule has 17 heavy (non-hydrogen) atoms. The van der Waals surface area contributed by atoms with Crippen molar-refractivity contribution in [2.24, 2.45) is 11.7 Å². The van der Waals surface area contributed by atoms with Crippen molar-refractivity contribution in [2.45, 2.75) is 31.3 Å². The maximum atomic E-state index is 12.3. The molecule has 0 saturated carbocycles. The standard InChI is InChI=1S/C13H23N3O/c1-15-7-3-4-12(9-15)16(2)13(17)10-5-6-11(14)8-10/h5-6,10-12H,3-4,7-9,14H2,1-2H3. The molecule has 0 spiro atoms. The number of nitrogens with two attached hydrogens (primary N) is 1. The molecule has 0 aromatic rings. The number of hydrogen-bond acceptors (Lipinski definition) is 3. The zero-order chi connectivity index (χ0) is 12.4. The highest BCUT2D eigenvalue weighted by atomic mass is 16.2. The summed E-state index contributed by atoms with van der Waals surface area (Å²) in [6, 6.07) is 0.429. The molecule has 1 aliphatic heterocycles. The second kappa shape index (κ2) is 5.19. The number of rotatable bonds is 2. The first-order valence-corrected chi connectivity index (χ1v) is 6.47. The summed E-state index contributed by atoms with van der Waals surface area (Å²) in [7, 11) is 4.06. The van der Waals surface area contributed by atoms with E-state index in [-0.39, 0.29) is 17.9 Å². The summed E-state index contributed by atoms with van der Waals surface area (Å²) < 4.78 is 0. The molecule has 1 amide bonds. The normalized spacial score (nSPS) is 33.9. The predicted molar refractivity (Wildman–Crippen MR) is 68.5 cm³/mol. The van der Waals surface area contributed by atoms with Gasteiger partial charge in [-0.3, -0.25) is 4.79 Å². The van der Waals surface area contributed by atoms with Crippen LogP contribution in [-0.2, 0) is 4.79 Å². The van der Waals surface area contributed by atoms with Crippen LogP contribution in [0.2, 0.25) is 0 Å². The number of carbonyl (C=O) groups excluding carboxylic acids is 1. The largest absolute Gasteiger partial charge is 0.341 e. The van der Waals surface area contributed by atoms with E-state index in [1.807, 2.05) is 24.1 Å². The quantitative estimate of drug-likeness (QED) is 0.709. The lowest BCUT2D eigenvalue weighted by Crippen LogP contribution is -2.48. The lowest BCUT2D eigenvalue weighted by atomic mass is 10.0. The van der Waals surface area contributed by atoms with Crippen LogP contribution < -0.4 is 5.73 Å². The van der Waals surface area contributed by atoms with Crippen molar-refractivity contribution < 1.29 is 4.79 Å². The van der Waals surface area contributed by atoms with E-state index in [9.17, 15) is 4.79 Å². The van der Waals surface area contributed by atoms with Gasteiger partial charge in [-0.05, 0) is 32.9 Å². The third-order valence-corrected chi connectivity index (χ3v) is 3.93. The second-order valence-electron chi connectivity index (χ2n) is 5.40. The third-order valence-electron chi connectivity index (χ3n) is 3.93. The van der Waals surface area contributed by atoms with E-state index < -0.39 is 0 Å². The SMILES string of the molecule is CN1CCCC(N(C)C(=O)C2C=CC(N)C2)C1. The van der Waals surface area contributed by atoms with Gasteiger partial charge in [-0.15, -0.1) is 0 Å². The first-order chi connectivity index (χ1) is 8.08. The Bertz CT molecular complexity index is 316. The van der Waals surface area contributed by atoms with Crippen molar-refractivity contribution in [3.8, 4) is 0 Å². The van der Waals surface area contributed by atoms with Crippen molar-refractivity contribution in [3.63, 3.8) is 0 Å². The van der Waals surface area contributed by atoms with E-state index >= 15 is 0 Å². The Labute approximate surface area is 103 Å². The van der Waals surface area contributed by atoms with Gasteiger partial charge in [0.05, 0.1) is 5.92 Å². The van der Waals surface area contributed by atoms with Gasteiger partial charge in [-0.2, -0.15) is 0 Å². The van der Waals surface area contributed by atoms with Gasteiger partial charge >= 0.3 is 0 Å². The lowest BCUT2D eigenvalue weighted by molar-refractivity contribution is -0.135.